The highest BCUT2D eigenvalue weighted by Gasteiger charge is 2.30. The standard InChI is InChI=1S/C9H18N4OSi/c1-4-15(5-2,6-3)13-9(14)8-10-7-11-12-8/h7H,4-6H2,1-3H3,(H,13,14)(H,10,11,12). The minimum absolute atomic E-state index is 0.145. The number of carbonyl (C=O) groups is 1. The summed E-state index contributed by atoms with van der Waals surface area (Å²) in [6.07, 6.45) is 1.42. The van der Waals surface area contributed by atoms with Gasteiger partial charge in [-0.3, -0.25) is 9.89 Å². The van der Waals surface area contributed by atoms with Crippen molar-refractivity contribution in [2.24, 2.45) is 0 Å². The maximum absolute atomic E-state index is 11.8. The van der Waals surface area contributed by atoms with Crippen molar-refractivity contribution in [2.75, 3.05) is 0 Å². The summed E-state index contributed by atoms with van der Waals surface area (Å²) in [5, 5.41) is 6.32. The van der Waals surface area contributed by atoms with E-state index in [9.17, 15) is 4.79 Å². The number of amides is 1. The second-order valence-electron chi connectivity index (χ2n) is 3.62. The number of hydrogen-bond acceptors (Lipinski definition) is 3. The van der Waals surface area contributed by atoms with Gasteiger partial charge in [0.1, 0.15) is 6.33 Å². The molecule has 0 aromatic carbocycles. The normalized spacial score (nSPS) is 11.4. The summed E-state index contributed by atoms with van der Waals surface area (Å²) in [5.41, 5.74) is 0. The highest BCUT2D eigenvalue weighted by atomic mass is 28.3. The molecule has 6 heteroatoms. The van der Waals surface area contributed by atoms with Crippen LogP contribution in [-0.4, -0.2) is 29.3 Å². The number of rotatable bonds is 5. The third-order valence-corrected chi connectivity index (χ3v) is 7.85. The molecule has 2 N–H and O–H groups in total. The molecule has 0 spiro atoms. The fourth-order valence-corrected chi connectivity index (χ4v) is 4.25. The van der Waals surface area contributed by atoms with Gasteiger partial charge in [-0.05, 0) is 18.1 Å². The van der Waals surface area contributed by atoms with Crippen LogP contribution in [0.2, 0.25) is 18.1 Å². The van der Waals surface area contributed by atoms with Crippen molar-refractivity contribution in [2.45, 2.75) is 38.9 Å². The first-order valence-corrected chi connectivity index (χ1v) is 7.98. The lowest BCUT2D eigenvalue weighted by atomic mass is 10.6. The van der Waals surface area contributed by atoms with E-state index in [0.29, 0.717) is 0 Å². The molecule has 1 amide bonds. The van der Waals surface area contributed by atoms with Crippen LogP contribution in [0.25, 0.3) is 0 Å². The van der Waals surface area contributed by atoms with Crippen LogP contribution in [0.3, 0.4) is 0 Å². The summed E-state index contributed by atoms with van der Waals surface area (Å²) in [4.78, 5) is 18.8. The topological polar surface area (TPSA) is 70.7 Å². The SMILES string of the molecule is CC[Si](CC)(CC)NC(=O)c1nc[nH]n1. The average Bonchev–Trinajstić information content (AvgIpc) is 2.79. The first-order valence-electron chi connectivity index (χ1n) is 5.35. The predicted molar refractivity (Wildman–Crippen MR) is 61.0 cm³/mol. The Labute approximate surface area is 90.8 Å². The summed E-state index contributed by atoms with van der Waals surface area (Å²) in [7, 11) is -1.63. The molecule has 0 unspecified atom stereocenters. The maximum Gasteiger partial charge on any atom is 0.283 e. The molecule has 0 fully saturated rings. The summed E-state index contributed by atoms with van der Waals surface area (Å²) in [6, 6.07) is 3.16. The van der Waals surface area contributed by atoms with E-state index in [0.717, 1.165) is 18.1 Å². The number of aromatic amines is 1. The molecule has 1 rings (SSSR count). The van der Waals surface area contributed by atoms with Crippen molar-refractivity contribution in [3.05, 3.63) is 12.2 Å². The van der Waals surface area contributed by atoms with E-state index < -0.39 is 8.24 Å². The molecule has 5 nitrogen and oxygen atoms in total. The molecule has 0 aliphatic heterocycles. The molecule has 1 aromatic rings. The molecule has 1 aromatic heterocycles. The lowest BCUT2D eigenvalue weighted by molar-refractivity contribution is 0.0967. The maximum atomic E-state index is 11.8. The lowest BCUT2D eigenvalue weighted by Gasteiger charge is -2.28. The molecule has 84 valence electrons. The zero-order valence-corrected chi connectivity index (χ0v) is 10.5. The number of H-pyrrole nitrogens is 1. The predicted octanol–water partition coefficient (Wildman–Crippen LogP) is 1.54. The van der Waals surface area contributed by atoms with E-state index in [1.807, 2.05) is 0 Å². The van der Waals surface area contributed by atoms with E-state index in [2.05, 4.69) is 40.9 Å². The minimum atomic E-state index is -1.63. The van der Waals surface area contributed by atoms with Crippen LogP contribution in [0, 0.1) is 0 Å². The van der Waals surface area contributed by atoms with Crippen molar-refractivity contribution >= 4 is 14.1 Å². The van der Waals surface area contributed by atoms with Crippen LogP contribution >= 0.6 is 0 Å². The van der Waals surface area contributed by atoms with Gasteiger partial charge in [-0.2, -0.15) is 0 Å². The molecule has 0 aliphatic rings. The van der Waals surface area contributed by atoms with E-state index >= 15 is 0 Å². The zero-order valence-electron chi connectivity index (χ0n) is 9.50. The van der Waals surface area contributed by atoms with E-state index in [-0.39, 0.29) is 11.7 Å². The molecule has 0 radical (unpaired) electrons. The fraction of sp³-hybridized carbons (Fsp3) is 0.667. The van der Waals surface area contributed by atoms with Crippen molar-refractivity contribution in [3.8, 4) is 0 Å². The van der Waals surface area contributed by atoms with Gasteiger partial charge in [0, 0.05) is 0 Å². The third kappa shape index (κ3) is 2.65. The Hall–Kier alpha value is -1.17. The Bertz CT molecular complexity index is 300. The number of nitrogens with zero attached hydrogens (tertiary/aromatic N) is 2. The second kappa shape index (κ2) is 5.06. The molecule has 15 heavy (non-hydrogen) atoms. The largest absolute Gasteiger partial charge is 0.375 e. The molecule has 0 atom stereocenters. The van der Waals surface area contributed by atoms with Gasteiger partial charge < -0.3 is 4.98 Å². The van der Waals surface area contributed by atoms with Gasteiger partial charge in [0.25, 0.3) is 5.91 Å². The van der Waals surface area contributed by atoms with Gasteiger partial charge >= 0.3 is 0 Å². The van der Waals surface area contributed by atoms with Gasteiger partial charge in [0.05, 0.1) is 0 Å². The van der Waals surface area contributed by atoms with Crippen LogP contribution in [0.5, 0.6) is 0 Å². The average molecular weight is 226 g/mol. The number of hydrogen-bond donors (Lipinski definition) is 2. The molecular weight excluding hydrogens is 208 g/mol. The summed E-state index contributed by atoms with van der Waals surface area (Å²) in [5.74, 6) is 0.0932. The zero-order chi connectivity index (χ0) is 11.3. The number of nitrogens with one attached hydrogen (secondary N) is 2. The van der Waals surface area contributed by atoms with Crippen molar-refractivity contribution in [1.29, 1.82) is 0 Å². The van der Waals surface area contributed by atoms with Crippen LogP contribution in [-0.2, 0) is 0 Å². The number of aromatic nitrogens is 3. The molecule has 0 saturated carbocycles. The third-order valence-electron chi connectivity index (χ3n) is 3.03. The van der Waals surface area contributed by atoms with Crippen molar-refractivity contribution in [3.63, 3.8) is 0 Å². The molecule has 0 aliphatic carbocycles. The molecule has 0 saturated heterocycles. The van der Waals surface area contributed by atoms with Gasteiger partial charge in [-0.15, -0.1) is 5.10 Å². The summed E-state index contributed by atoms with van der Waals surface area (Å²) in [6.45, 7) is 6.41. The Morgan fingerprint density at radius 1 is 1.40 bits per heavy atom. The van der Waals surface area contributed by atoms with Gasteiger partial charge in [-0.25, -0.2) is 4.98 Å². The Kier molecular flexibility index (Phi) is 4.02. The van der Waals surface area contributed by atoms with E-state index in [4.69, 9.17) is 0 Å². The van der Waals surface area contributed by atoms with E-state index in [1.54, 1.807) is 0 Å². The Balaban J connectivity index is 2.71. The second-order valence-corrected chi connectivity index (χ2v) is 8.55. The highest BCUT2D eigenvalue weighted by molar-refractivity contribution is 6.79. The van der Waals surface area contributed by atoms with Crippen molar-refractivity contribution in [1.82, 2.24) is 20.2 Å². The van der Waals surface area contributed by atoms with Gasteiger partial charge in [0.2, 0.25) is 5.82 Å². The smallest absolute Gasteiger partial charge is 0.283 e. The van der Waals surface area contributed by atoms with Crippen molar-refractivity contribution < 1.29 is 4.79 Å². The monoisotopic (exact) mass is 226 g/mol. The summed E-state index contributed by atoms with van der Waals surface area (Å²) >= 11 is 0. The Morgan fingerprint density at radius 3 is 2.40 bits per heavy atom. The quantitative estimate of drug-likeness (QED) is 0.748. The minimum Gasteiger partial charge on any atom is -0.375 e. The highest BCUT2D eigenvalue weighted by Crippen LogP contribution is 2.16. The lowest BCUT2D eigenvalue weighted by Crippen LogP contribution is -2.52. The van der Waals surface area contributed by atoms with Crippen LogP contribution in [0.4, 0.5) is 0 Å². The van der Waals surface area contributed by atoms with Crippen LogP contribution in [0.15, 0.2) is 6.33 Å². The van der Waals surface area contributed by atoms with E-state index in [1.165, 1.54) is 6.33 Å². The van der Waals surface area contributed by atoms with Gasteiger partial charge in [-0.1, -0.05) is 20.8 Å². The fourth-order valence-electron chi connectivity index (χ4n) is 1.63. The molecule has 1 heterocycles. The summed E-state index contributed by atoms with van der Waals surface area (Å²) < 4.78 is 0. The molecular formula is C9H18N4OSi. The first-order chi connectivity index (χ1) is 7.17. The first kappa shape index (κ1) is 11.9. The number of carbonyl (C=O) groups excluding carboxylic acids is 1. The van der Waals surface area contributed by atoms with Crippen LogP contribution in [0.1, 0.15) is 31.4 Å². The van der Waals surface area contributed by atoms with Crippen LogP contribution < -0.4 is 4.98 Å². The Morgan fingerprint density at radius 2 is 2.00 bits per heavy atom. The van der Waals surface area contributed by atoms with Gasteiger partial charge in [0.15, 0.2) is 8.24 Å². The molecule has 0 bridgehead atoms.